The molecule has 96 valence electrons. The lowest BCUT2D eigenvalue weighted by Crippen LogP contribution is -2.35. The van der Waals surface area contributed by atoms with E-state index in [-0.39, 0.29) is 6.09 Å². The Balaban J connectivity index is 1.46. The topological polar surface area (TPSA) is 41.6 Å². The van der Waals surface area contributed by atoms with Gasteiger partial charge in [0.2, 0.25) is 0 Å². The number of likely N-dealkylation sites (tertiary alicyclic amines) is 1. The Hall–Kier alpha value is -1.55. The highest BCUT2D eigenvalue weighted by atomic mass is 16.6. The van der Waals surface area contributed by atoms with Gasteiger partial charge in [-0.2, -0.15) is 0 Å². The first-order valence-electron chi connectivity index (χ1n) is 6.42. The minimum Gasteiger partial charge on any atom is -0.445 e. The van der Waals surface area contributed by atoms with Gasteiger partial charge in [0.05, 0.1) is 0 Å². The van der Waals surface area contributed by atoms with Gasteiger partial charge >= 0.3 is 6.09 Å². The fourth-order valence-electron chi connectivity index (χ4n) is 2.91. The summed E-state index contributed by atoms with van der Waals surface area (Å²) < 4.78 is 5.32. The summed E-state index contributed by atoms with van der Waals surface area (Å²) in [5.74, 6) is 1.28. The third-order valence-corrected chi connectivity index (χ3v) is 3.99. The highest BCUT2D eigenvalue weighted by molar-refractivity contribution is 5.68. The highest BCUT2D eigenvalue weighted by Gasteiger charge is 2.56. The molecule has 1 aromatic carbocycles. The Morgan fingerprint density at radius 3 is 2.61 bits per heavy atom. The van der Waals surface area contributed by atoms with Crippen LogP contribution in [0.3, 0.4) is 0 Å². The number of hydrogen-bond acceptors (Lipinski definition) is 3. The number of hydrogen-bond donors (Lipinski definition) is 1. The summed E-state index contributed by atoms with van der Waals surface area (Å²) in [6.45, 7) is 2.04. The first-order chi connectivity index (χ1) is 8.79. The molecule has 0 spiro atoms. The maximum absolute atomic E-state index is 11.9. The quantitative estimate of drug-likeness (QED) is 0.878. The van der Waals surface area contributed by atoms with Gasteiger partial charge in [-0.25, -0.2) is 4.79 Å². The summed E-state index contributed by atoms with van der Waals surface area (Å²) in [5, 5.41) is 3.28. The molecule has 1 aromatic rings. The Labute approximate surface area is 107 Å². The van der Waals surface area contributed by atoms with Crippen molar-refractivity contribution in [3.63, 3.8) is 0 Å². The molecule has 1 aliphatic heterocycles. The van der Waals surface area contributed by atoms with Crippen LogP contribution in [0.5, 0.6) is 0 Å². The van der Waals surface area contributed by atoms with Crippen molar-refractivity contribution in [1.29, 1.82) is 0 Å². The lowest BCUT2D eigenvalue weighted by molar-refractivity contribution is 0.0995. The van der Waals surface area contributed by atoms with E-state index in [4.69, 9.17) is 4.74 Å². The number of nitrogens with zero attached hydrogens (tertiary/aromatic N) is 1. The molecule has 4 nitrogen and oxygen atoms in total. The second-order valence-corrected chi connectivity index (χ2v) is 5.09. The van der Waals surface area contributed by atoms with Crippen molar-refractivity contribution < 1.29 is 9.53 Å². The summed E-state index contributed by atoms with van der Waals surface area (Å²) in [6.07, 6.45) is -0.180. The Bertz CT molecular complexity index is 423. The van der Waals surface area contributed by atoms with E-state index in [1.165, 1.54) is 0 Å². The molecule has 1 amide bonds. The summed E-state index contributed by atoms with van der Waals surface area (Å²) in [4.78, 5) is 13.7. The predicted octanol–water partition coefficient (Wildman–Crippen LogP) is 1.47. The Morgan fingerprint density at radius 2 is 2.00 bits per heavy atom. The smallest absolute Gasteiger partial charge is 0.410 e. The van der Waals surface area contributed by atoms with Gasteiger partial charge in [0.1, 0.15) is 6.61 Å². The fraction of sp³-hybridized carbons (Fsp3) is 0.500. The van der Waals surface area contributed by atoms with Crippen LogP contribution in [0, 0.1) is 11.8 Å². The second-order valence-electron chi connectivity index (χ2n) is 5.09. The molecule has 0 bridgehead atoms. The summed E-state index contributed by atoms with van der Waals surface area (Å²) in [5.41, 5.74) is 1.03. The van der Waals surface area contributed by atoms with Crippen LogP contribution < -0.4 is 5.32 Å². The van der Waals surface area contributed by atoms with E-state index in [0.717, 1.165) is 18.7 Å². The number of ether oxygens (including phenoxy) is 1. The van der Waals surface area contributed by atoms with Crippen LogP contribution in [0.2, 0.25) is 0 Å². The van der Waals surface area contributed by atoms with Gasteiger partial charge in [0, 0.05) is 19.1 Å². The number of piperidine rings is 1. The highest BCUT2D eigenvalue weighted by Crippen LogP contribution is 2.45. The van der Waals surface area contributed by atoms with Gasteiger partial charge in [-0.15, -0.1) is 0 Å². The van der Waals surface area contributed by atoms with E-state index >= 15 is 0 Å². The molecule has 0 radical (unpaired) electrons. The van der Waals surface area contributed by atoms with Crippen LogP contribution in [0.25, 0.3) is 0 Å². The zero-order valence-electron chi connectivity index (χ0n) is 10.5. The lowest BCUT2D eigenvalue weighted by Gasteiger charge is -2.19. The zero-order valence-corrected chi connectivity index (χ0v) is 10.5. The molecule has 2 atom stereocenters. The van der Waals surface area contributed by atoms with Gasteiger partial charge in [0.15, 0.2) is 0 Å². The predicted molar refractivity (Wildman–Crippen MR) is 68.0 cm³/mol. The first kappa shape index (κ1) is 11.5. The second kappa shape index (κ2) is 4.61. The van der Waals surface area contributed by atoms with Crippen molar-refractivity contribution in [2.45, 2.75) is 12.6 Å². The van der Waals surface area contributed by atoms with Gasteiger partial charge in [-0.1, -0.05) is 30.3 Å². The molecule has 18 heavy (non-hydrogen) atoms. The molecule has 1 N–H and O–H groups in total. The Kier molecular flexibility index (Phi) is 2.96. The lowest BCUT2D eigenvalue weighted by atomic mass is 10.2. The number of carbonyl (C=O) groups excluding carboxylic acids is 1. The number of fused-ring (bicyclic) bond motifs is 1. The Morgan fingerprint density at radius 1 is 1.33 bits per heavy atom. The summed E-state index contributed by atoms with van der Waals surface area (Å²) in [6, 6.07) is 10.4. The molecule has 3 rings (SSSR count). The van der Waals surface area contributed by atoms with Gasteiger partial charge in [-0.05, 0) is 24.4 Å². The fourth-order valence-corrected chi connectivity index (χ4v) is 2.91. The molecule has 1 aliphatic carbocycles. The molecule has 1 saturated carbocycles. The summed E-state index contributed by atoms with van der Waals surface area (Å²) in [7, 11) is 1.99. The van der Waals surface area contributed by atoms with Crippen molar-refractivity contribution in [1.82, 2.24) is 10.2 Å². The van der Waals surface area contributed by atoms with E-state index < -0.39 is 0 Å². The average Bonchev–Trinajstić information content (AvgIpc) is 2.88. The SMILES string of the molecule is CNC1C2CN(C(=O)OCc3ccccc3)CC21. The standard InChI is InChI=1S/C14H18N2O2/c1-15-13-11-7-16(8-12(11)13)14(17)18-9-10-5-3-2-4-6-10/h2-6,11-13,15H,7-9H2,1H3. The molecule has 1 heterocycles. The third kappa shape index (κ3) is 2.08. The van der Waals surface area contributed by atoms with Crippen LogP contribution in [-0.2, 0) is 11.3 Å². The van der Waals surface area contributed by atoms with Gasteiger partial charge < -0.3 is 15.0 Å². The summed E-state index contributed by atoms with van der Waals surface area (Å²) >= 11 is 0. The van der Waals surface area contributed by atoms with Crippen LogP contribution in [-0.4, -0.2) is 37.2 Å². The monoisotopic (exact) mass is 246 g/mol. The molecule has 2 aliphatic rings. The minimum atomic E-state index is -0.180. The first-order valence-corrected chi connectivity index (χ1v) is 6.42. The molecule has 4 heteroatoms. The van der Waals surface area contributed by atoms with Crippen molar-refractivity contribution in [3.05, 3.63) is 35.9 Å². The third-order valence-electron chi connectivity index (χ3n) is 3.99. The van der Waals surface area contributed by atoms with E-state index in [1.807, 2.05) is 42.3 Å². The van der Waals surface area contributed by atoms with Crippen molar-refractivity contribution >= 4 is 6.09 Å². The van der Waals surface area contributed by atoms with Gasteiger partial charge in [-0.3, -0.25) is 0 Å². The van der Waals surface area contributed by atoms with Crippen molar-refractivity contribution in [2.75, 3.05) is 20.1 Å². The maximum Gasteiger partial charge on any atom is 0.410 e. The maximum atomic E-state index is 11.9. The van der Waals surface area contributed by atoms with Crippen LogP contribution in [0.4, 0.5) is 4.79 Å². The minimum absolute atomic E-state index is 0.180. The molecule has 2 fully saturated rings. The molecule has 2 unspecified atom stereocenters. The van der Waals surface area contributed by atoms with Crippen molar-refractivity contribution in [3.8, 4) is 0 Å². The number of amides is 1. The normalized spacial score (nSPS) is 28.9. The van der Waals surface area contributed by atoms with E-state index in [2.05, 4.69) is 5.32 Å². The number of benzene rings is 1. The molecular weight excluding hydrogens is 228 g/mol. The number of nitrogens with one attached hydrogen (secondary N) is 1. The van der Waals surface area contributed by atoms with Crippen LogP contribution in [0.1, 0.15) is 5.56 Å². The number of carbonyl (C=O) groups is 1. The van der Waals surface area contributed by atoms with E-state index in [9.17, 15) is 4.79 Å². The average molecular weight is 246 g/mol. The molecule has 0 aromatic heterocycles. The van der Waals surface area contributed by atoms with Crippen LogP contribution in [0.15, 0.2) is 30.3 Å². The molecular formula is C14H18N2O2. The van der Waals surface area contributed by atoms with Crippen LogP contribution >= 0.6 is 0 Å². The van der Waals surface area contributed by atoms with E-state index in [1.54, 1.807) is 0 Å². The molecule has 1 saturated heterocycles. The number of rotatable bonds is 3. The largest absolute Gasteiger partial charge is 0.445 e. The van der Waals surface area contributed by atoms with E-state index in [0.29, 0.717) is 24.5 Å². The van der Waals surface area contributed by atoms with Crippen molar-refractivity contribution in [2.24, 2.45) is 11.8 Å². The van der Waals surface area contributed by atoms with Gasteiger partial charge in [0.25, 0.3) is 0 Å². The zero-order chi connectivity index (χ0) is 12.5.